The molecule has 0 saturated carbocycles. The first kappa shape index (κ1) is 14.8. The molecule has 1 aromatic heterocycles. The van der Waals surface area contributed by atoms with Gasteiger partial charge in [-0.2, -0.15) is 4.98 Å². The second-order valence-electron chi connectivity index (χ2n) is 4.78. The van der Waals surface area contributed by atoms with Crippen molar-refractivity contribution in [3.8, 4) is 11.5 Å². The maximum absolute atomic E-state index is 6.14. The Kier molecular flexibility index (Phi) is 4.62. The lowest BCUT2D eigenvalue weighted by atomic mass is 10.1. The number of aromatic nitrogens is 2. The zero-order valence-corrected chi connectivity index (χ0v) is 12.5. The van der Waals surface area contributed by atoms with Crippen LogP contribution in [-0.2, 0) is 4.74 Å². The lowest BCUT2D eigenvalue weighted by Crippen LogP contribution is -2.12. The third kappa shape index (κ3) is 2.94. The summed E-state index contributed by atoms with van der Waals surface area (Å²) >= 11 is 6.14. The molecule has 0 aliphatic heterocycles. The fourth-order valence-corrected chi connectivity index (χ4v) is 2.23. The van der Waals surface area contributed by atoms with Crippen LogP contribution in [0.3, 0.4) is 0 Å². The summed E-state index contributed by atoms with van der Waals surface area (Å²) in [5, 5.41) is 4.47. The van der Waals surface area contributed by atoms with Crippen molar-refractivity contribution in [1.29, 1.82) is 0 Å². The second-order valence-corrected chi connectivity index (χ2v) is 5.19. The number of ether oxygens (including phenoxy) is 1. The number of halogens is 1. The van der Waals surface area contributed by atoms with E-state index in [-0.39, 0.29) is 12.0 Å². The molecule has 0 aliphatic rings. The van der Waals surface area contributed by atoms with E-state index in [0.29, 0.717) is 34.6 Å². The van der Waals surface area contributed by atoms with Crippen molar-refractivity contribution in [3.05, 3.63) is 29.0 Å². The number of rotatable bonds is 5. The van der Waals surface area contributed by atoms with E-state index >= 15 is 0 Å². The number of benzene rings is 1. The predicted molar refractivity (Wildman–Crippen MR) is 78.4 cm³/mol. The Morgan fingerprint density at radius 1 is 1.40 bits per heavy atom. The first-order valence-corrected chi connectivity index (χ1v) is 6.92. The minimum absolute atomic E-state index is 0.207. The molecule has 0 bridgehead atoms. The Bertz CT molecular complexity index is 563. The first-order valence-electron chi connectivity index (χ1n) is 6.54. The SMILES string of the molecule is CCOC(c1noc(-c2c(N)cccc2Cl)n1)C(C)C. The van der Waals surface area contributed by atoms with Gasteiger partial charge in [0.1, 0.15) is 6.10 Å². The zero-order chi connectivity index (χ0) is 14.7. The van der Waals surface area contributed by atoms with Crippen LogP contribution in [0.5, 0.6) is 0 Å². The van der Waals surface area contributed by atoms with Crippen LogP contribution in [-0.4, -0.2) is 16.7 Å². The molecule has 0 spiro atoms. The molecule has 1 heterocycles. The highest BCUT2D eigenvalue weighted by Gasteiger charge is 2.24. The van der Waals surface area contributed by atoms with Gasteiger partial charge in [-0.1, -0.05) is 36.7 Å². The summed E-state index contributed by atoms with van der Waals surface area (Å²) in [6.45, 7) is 6.60. The highest BCUT2D eigenvalue weighted by atomic mass is 35.5. The van der Waals surface area contributed by atoms with Gasteiger partial charge < -0.3 is 15.0 Å². The second kappa shape index (κ2) is 6.24. The van der Waals surface area contributed by atoms with Crippen LogP contribution in [0.2, 0.25) is 5.02 Å². The molecule has 20 heavy (non-hydrogen) atoms. The first-order chi connectivity index (χ1) is 9.54. The van der Waals surface area contributed by atoms with Crippen molar-refractivity contribution in [2.45, 2.75) is 26.9 Å². The summed E-state index contributed by atoms with van der Waals surface area (Å²) in [5.41, 5.74) is 6.98. The fourth-order valence-electron chi connectivity index (χ4n) is 1.96. The van der Waals surface area contributed by atoms with E-state index in [4.69, 9.17) is 26.6 Å². The van der Waals surface area contributed by atoms with Gasteiger partial charge in [-0.05, 0) is 25.0 Å². The van der Waals surface area contributed by atoms with Crippen LogP contribution in [0.4, 0.5) is 5.69 Å². The van der Waals surface area contributed by atoms with E-state index in [9.17, 15) is 0 Å². The minimum atomic E-state index is -0.207. The lowest BCUT2D eigenvalue weighted by molar-refractivity contribution is 0.0217. The number of anilines is 1. The van der Waals surface area contributed by atoms with Gasteiger partial charge in [0.05, 0.1) is 10.6 Å². The quantitative estimate of drug-likeness (QED) is 0.851. The van der Waals surface area contributed by atoms with Gasteiger partial charge >= 0.3 is 0 Å². The van der Waals surface area contributed by atoms with E-state index in [1.807, 2.05) is 20.8 Å². The summed E-state index contributed by atoms with van der Waals surface area (Å²) < 4.78 is 10.9. The molecule has 2 rings (SSSR count). The Hall–Kier alpha value is -1.59. The van der Waals surface area contributed by atoms with Crippen LogP contribution in [0.1, 0.15) is 32.7 Å². The van der Waals surface area contributed by atoms with Gasteiger partial charge in [0.25, 0.3) is 5.89 Å². The van der Waals surface area contributed by atoms with Gasteiger partial charge in [0.2, 0.25) is 5.82 Å². The normalized spacial score (nSPS) is 12.8. The number of nitrogens with two attached hydrogens (primary N) is 1. The fraction of sp³-hybridized carbons (Fsp3) is 0.429. The zero-order valence-electron chi connectivity index (χ0n) is 11.8. The van der Waals surface area contributed by atoms with Gasteiger partial charge in [-0.15, -0.1) is 0 Å². The Morgan fingerprint density at radius 3 is 2.75 bits per heavy atom. The third-order valence-corrected chi connectivity index (χ3v) is 3.22. The number of nitrogens with zero attached hydrogens (tertiary/aromatic N) is 2. The van der Waals surface area contributed by atoms with Crippen LogP contribution in [0.25, 0.3) is 11.5 Å². The smallest absolute Gasteiger partial charge is 0.261 e. The topological polar surface area (TPSA) is 74.2 Å². The summed E-state index contributed by atoms with van der Waals surface area (Å²) in [5.74, 6) is 1.06. The minimum Gasteiger partial charge on any atom is -0.398 e. The summed E-state index contributed by atoms with van der Waals surface area (Å²) in [6.07, 6.45) is -0.207. The molecular formula is C14H18ClN3O2. The summed E-state index contributed by atoms with van der Waals surface area (Å²) in [4.78, 5) is 4.38. The molecule has 108 valence electrons. The Morgan fingerprint density at radius 2 is 2.15 bits per heavy atom. The van der Waals surface area contributed by atoms with Crippen molar-refractivity contribution in [2.24, 2.45) is 5.92 Å². The molecular weight excluding hydrogens is 278 g/mol. The van der Waals surface area contributed by atoms with Crippen LogP contribution in [0, 0.1) is 5.92 Å². The number of hydrogen-bond donors (Lipinski definition) is 1. The van der Waals surface area contributed by atoms with E-state index in [0.717, 1.165) is 0 Å². The van der Waals surface area contributed by atoms with Crippen LogP contribution >= 0.6 is 11.6 Å². The van der Waals surface area contributed by atoms with Gasteiger partial charge in [-0.3, -0.25) is 0 Å². The third-order valence-electron chi connectivity index (χ3n) is 2.91. The van der Waals surface area contributed by atoms with E-state index in [2.05, 4.69) is 10.1 Å². The molecule has 1 unspecified atom stereocenters. The standard InChI is InChI=1S/C14H18ClN3O2/c1-4-19-12(8(2)3)13-17-14(20-18-13)11-9(15)6-5-7-10(11)16/h5-8,12H,4,16H2,1-3H3. The highest BCUT2D eigenvalue weighted by molar-refractivity contribution is 6.33. The monoisotopic (exact) mass is 295 g/mol. The predicted octanol–water partition coefficient (Wildman–Crippen LogP) is 3.71. The van der Waals surface area contributed by atoms with Gasteiger partial charge in [0, 0.05) is 12.3 Å². The Labute approximate surface area is 123 Å². The Balaban J connectivity index is 2.37. The van der Waals surface area contributed by atoms with Crippen LogP contribution in [0.15, 0.2) is 22.7 Å². The lowest BCUT2D eigenvalue weighted by Gasteiger charge is -2.16. The van der Waals surface area contributed by atoms with Crippen molar-refractivity contribution in [1.82, 2.24) is 10.1 Å². The van der Waals surface area contributed by atoms with E-state index < -0.39 is 0 Å². The molecule has 1 aromatic carbocycles. The number of hydrogen-bond acceptors (Lipinski definition) is 5. The van der Waals surface area contributed by atoms with Crippen molar-refractivity contribution < 1.29 is 9.26 Å². The molecule has 2 aromatic rings. The average Bonchev–Trinajstić information content (AvgIpc) is 2.84. The molecule has 1 atom stereocenters. The number of nitrogen functional groups attached to an aromatic ring is 1. The molecule has 0 saturated heterocycles. The molecule has 0 radical (unpaired) electrons. The van der Waals surface area contributed by atoms with Crippen molar-refractivity contribution >= 4 is 17.3 Å². The van der Waals surface area contributed by atoms with Gasteiger partial charge in [-0.25, -0.2) is 0 Å². The average molecular weight is 296 g/mol. The summed E-state index contributed by atoms with van der Waals surface area (Å²) in [7, 11) is 0. The maximum atomic E-state index is 6.14. The molecule has 6 heteroatoms. The highest BCUT2D eigenvalue weighted by Crippen LogP contribution is 2.33. The summed E-state index contributed by atoms with van der Waals surface area (Å²) in [6, 6.07) is 5.25. The van der Waals surface area contributed by atoms with E-state index in [1.165, 1.54) is 0 Å². The largest absolute Gasteiger partial charge is 0.398 e. The molecule has 5 nitrogen and oxygen atoms in total. The van der Waals surface area contributed by atoms with Gasteiger partial charge in [0.15, 0.2) is 0 Å². The maximum Gasteiger partial charge on any atom is 0.261 e. The van der Waals surface area contributed by atoms with Crippen LogP contribution < -0.4 is 5.73 Å². The van der Waals surface area contributed by atoms with E-state index in [1.54, 1.807) is 18.2 Å². The molecule has 0 amide bonds. The van der Waals surface area contributed by atoms with Crippen molar-refractivity contribution in [2.75, 3.05) is 12.3 Å². The molecule has 2 N–H and O–H groups in total. The molecule has 0 aliphatic carbocycles. The molecule has 0 fully saturated rings. The van der Waals surface area contributed by atoms with Crippen molar-refractivity contribution in [3.63, 3.8) is 0 Å².